The van der Waals surface area contributed by atoms with Crippen molar-refractivity contribution in [2.45, 2.75) is 6.92 Å². The minimum Gasteiger partial charge on any atom is -0.504 e. The van der Waals surface area contributed by atoms with Crippen LogP contribution in [0, 0.1) is 0 Å². The second-order valence-corrected chi connectivity index (χ2v) is 7.17. The summed E-state index contributed by atoms with van der Waals surface area (Å²) in [6.07, 6.45) is 1.70. The summed E-state index contributed by atoms with van der Waals surface area (Å²) < 4.78 is 5.36. The first-order valence-electron chi connectivity index (χ1n) is 7.66. The Balaban J connectivity index is 1.84. The maximum Gasteiger partial charge on any atom is 0.264 e. The summed E-state index contributed by atoms with van der Waals surface area (Å²) in [4.78, 5) is 17.0. The van der Waals surface area contributed by atoms with Gasteiger partial charge in [0.1, 0.15) is 0 Å². The standard InChI is InChI=1S/C18H14Cl2N2O3S/c1-2-25-15-5-10(3-4-14(15)23)6-16-17(24)22-18(26-16)21-13-8-11(19)7-12(20)9-13/h3-9,23H,2H2,1H3,(H,21,22,24)/b16-6+. The van der Waals surface area contributed by atoms with E-state index in [9.17, 15) is 9.90 Å². The van der Waals surface area contributed by atoms with Crippen molar-refractivity contribution in [3.63, 3.8) is 0 Å². The van der Waals surface area contributed by atoms with Crippen LogP contribution in [0.4, 0.5) is 5.69 Å². The quantitative estimate of drug-likeness (QED) is 0.698. The number of nitrogens with zero attached hydrogens (tertiary/aromatic N) is 1. The second kappa shape index (κ2) is 8.03. The number of benzene rings is 2. The van der Waals surface area contributed by atoms with E-state index in [0.29, 0.717) is 38.2 Å². The minimum absolute atomic E-state index is 0.0533. The van der Waals surface area contributed by atoms with Crippen LogP contribution in [-0.2, 0) is 4.79 Å². The fraction of sp³-hybridized carbons (Fsp3) is 0.111. The number of thioether (sulfide) groups is 1. The van der Waals surface area contributed by atoms with Crippen LogP contribution in [0.2, 0.25) is 10.0 Å². The molecule has 134 valence electrons. The number of halogens is 2. The fourth-order valence-corrected chi connectivity index (χ4v) is 3.60. The number of phenols is 1. The van der Waals surface area contributed by atoms with Gasteiger partial charge in [0.25, 0.3) is 5.91 Å². The number of rotatable bonds is 4. The van der Waals surface area contributed by atoms with Crippen molar-refractivity contribution in [3.8, 4) is 11.5 Å². The van der Waals surface area contributed by atoms with Crippen LogP contribution < -0.4 is 10.1 Å². The molecule has 1 fully saturated rings. The molecule has 1 aliphatic heterocycles. The van der Waals surface area contributed by atoms with E-state index >= 15 is 0 Å². The molecule has 0 radical (unpaired) electrons. The molecule has 1 saturated heterocycles. The third kappa shape index (κ3) is 4.52. The number of hydrogen-bond donors (Lipinski definition) is 2. The highest BCUT2D eigenvalue weighted by molar-refractivity contribution is 8.18. The summed E-state index contributed by atoms with van der Waals surface area (Å²) in [6, 6.07) is 9.82. The van der Waals surface area contributed by atoms with E-state index in [1.54, 1.807) is 36.4 Å². The van der Waals surface area contributed by atoms with Crippen LogP contribution in [0.1, 0.15) is 12.5 Å². The van der Waals surface area contributed by atoms with Crippen LogP contribution in [0.3, 0.4) is 0 Å². The molecule has 0 spiro atoms. The first-order valence-corrected chi connectivity index (χ1v) is 9.23. The van der Waals surface area contributed by atoms with E-state index in [0.717, 1.165) is 5.56 Å². The van der Waals surface area contributed by atoms with E-state index in [4.69, 9.17) is 27.9 Å². The lowest BCUT2D eigenvalue weighted by Crippen LogP contribution is -2.19. The number of hydrogen-bond acceptors (Lipinski definition) is 5. The molecule has 0 unspecified atom stereocenters. The highest BCUT2D eigenvalue weighted by Crippen LogP contribution is 2.32. The molecular formula is C18H14Cl2N2O3S. The van der Waals surface area contributed by atoms with E-state index in [1.807, 2.05) is 6.92 Å². The third-order valence-electron chi connectivity index (χ3n) is 3.31. The Kier molecular flexibility index (Phi) is 5.76. The number of aliphatic imine (C=N–C) groups is 1. The topological polar surface area (TPSA) is 70.9 Å². The predicted octanol–water partition coefficient (Wildman–Crippen LogP) is 4.99. The molecule has 0 bridgehead atoms. The summed E-state index contributed by atoms with van der Waals surface area (Å²) in [6.45, 7) is 2.26. The van der Waals surface area contributed by atoms with Crippen molar-refractivity contribution >= 4 is 57.8 Å². The maximum atomic E-state index is 12.2. The Morgan fingerprint density at radius 3 is 2.65 bits per heavy atom. The summed E-state index contributed by atoms with van der Waals surface area (Å²) in [5.41, 5.74) is 1.28. The molecule has 2 N–H and O–H groups in total. The Bertz CT molecular complexity index is 908. The highest BCUT2D eigenvalue weighted by atomic mass is 35.5. The first kappa shape index (κ1) is 18.6. The Morgan fingerprint density at radius 2 is 1.96 bits per heavy atom. The van der Waals surface area contributed by atoms with E-state index in [1.165, 1.54) is 17.8 Å². The van der Waals surface area contributed by atoms with Gasteiger partial charge in [-0.1, -0.05) is 29.3 Å². The highest BCUT2D eigenvalue weighted by Gasteiger charge is 2.24. The Morgan fingerprint density at radius 1 is 1.23 bits per heavy atom. The van der Waals surface area contributed by atoms with Crippen LogP contribution in [0.25, 0.3) is 6.08 Å². The largest absolute Gasteiger partial charge is 0.504 e. The average molecular weight is 409 g/mol. The number of amides is 1. The SMILES string of the molecule is CCOc1cc(/C=C2/SC(=Nc3cc(Cl)cc(Cl)c3)NC2=O)ccc1O. The maximum absolute atomic E-state index is 12.2. The molecule has 2 aromatic rings. The zero-order valence-electron chi connectivity index (χ0n) is 13.6. The third-order valence-corrected chi connectivity index (χ3v) is 4.66. The van der Waals surface area contributed by atoms with Crippen molar-refractivity contribution in [1.29, 1.82) is 0 Å². The summed E-state index contributed by atoms with van der Waals surface area (Å²) in [7, 11) is 0. The number of ether oxygens (including phenoxy) is 1. The summed E-state index contributed by atoms with van der Waals surface area (Å²) in [5.74, 6) is 0.165. The smallest absolute Gasteiger partial charge is 0.264 e. The lowest BCUT2D eigenvalue weighted by molar-refractivity contribution is -0.115. The van der Waals surface area contributed by atoms with Gasteiger partial charge in [0.2, 0.25) is 0 Å². The molecule has 26 heavy (non-hydrogen) atoms. The van der Waals surface area contributed by atoms with Crippen molar-refractivity contribution in [3.05, 3.63) is 56.9 Å². The van der Waals surface area contributed by atoms with Crippen LogP contribution in [-0.4, -0.2) is 22.8 Å². The van der Waals surface area contributed by atoms with Gasteiger partial charge in [0, 0.05) is 10.0 Å². The Hall–Kier alpha value is -2.15. The number of nitrogens with one attached hydrogen (secondary N) is 1. The van der Waals surface area contributed by atoms with Gasteiger partial charge in [-0.3, -0.25) is 4.79 Å². The van der Waals surface area contributed by atoms with Gasteiger partial charge in [-0.2, -0.15) is 0 Å². The van der Waals surface area contributed by atoms with Gasteiger partial charge in [0.15, 0.2) is 16.7 Å². The van der Waals surface area contributed by atoms with E-state index in [-0.39, 0.29) is 11.7 Å². The van der Waals surface area contributed by atoms with Crippen molar-refractivity contribution in [2.75, 3.05) is 6.61 Å². The lowest BCUT2D eigenvalue weighted by Gasteiger charge is -2.06. The number of aromatic hydroxyl groups is 1. The summed E-state index contributed by atoms with van der Waals surface area (Å²) >= 11 is 13.1. The fourth-order valence-electron chi connectivity index (χ4n) is 2.24. The Labute approximate surface area is 164 Å². The number of carbonyl (C=O) groups is 1. The van der Waals surface area contributed by atoms with E-state index in [2.05, 4.69) is 10.3 Å². The van der Waals surface area contributed by atoms with Crippen molar-refractivity contribution in [1.82, 2.24) is 5.32 Å². The molecule has 1 amide bonds. The van der Waals surface area contributed by atoms with Gasteiger partial charge in [-0.15, -0.1) is 0 Å². The molecule has 3 rings (SSSR count). The lowest BCUT2D eigenvalue weighted by atomic mass is 10.2. The minimum atomic E-state index is -0.257. The van der Waals surface area contributed by atoms with Crippen LogP contribution in [0.15, 0.2) is 46.3 Å². The number of amidine groups is 1. The monoisotopic (exact) mass is 408 g/mol. The number of carbonyl (C=O) groups excluding carboxylic acids is 1. The van der Waals surface area contributed by atoms with Gasteiger partial charge < -0.3 is 15.2 Å². The molecule has 1 heterocycles. The molecule has 0 aromatic heterocycles. The molecule has 0 saturated carbocycles. The second-order valence-electron chi connectivity index (χ2n) is 5.27. The average Bonchev–Trinajstić information content (AvgIpc) is 2.89. The molecule has 0 aliphatic carbocycles. The van der Waals surface area contributed by atoms with Gasteiger partial charge >= 0.3 is 0 Å². The first-order chi connectivity index (χ1) is 12.4. The predicted molar refractivity (Wildman–Crippen MR) is 107 cm³/mol. The van der Waals surface area contributed by atoms with Gasteiger partial charge in [-0.25, -0.2) is 4.99 Å². The summed E-state index contributed by atoms with van der Waals surface area (Å²) in [5, 5.41) is 13.8. The zero-order chi connectivity index (χ0) is 18.7. The molecule has 2 aromatic carbocycles. The molecule has 5 nitrogen and oxygen atoms in total. The zero-order valence-corrected chi connectivity index (χ0v) is 16.0. The molecular weight excluding hydrogens is 395 g/mol. The van der Waals surface area contributed by atoms with Crippen LogP contribution >= 0.6 is 35.0 Å². The molecule has 0 atom stereocenters. The normalized spacial score (nSPS) is 17.0. The van der Waals surface area contributed by atoms with Crippen LogP contribution in [0.5, 0.6) is 11.5 Å². The van der Waals surface area contributed by atoms with E-state index < -0.39 is 0 Å². The van der Waals surface area contributed by atoms with Crippen molar-refractivity contribution < 1.29 is 14.6 Å². The molecule has 1 aliphatic rings. The number of phenolic OH excluding ortho intramolecular Hbond substituents is 1. The molecule has 8 heteroatoms. The van der Waals surface area contributed by atoms with Crippen molar-refractivity contribution in [2.24, 2.45) is 4.99 Å². The van der Waals surface area contributed by atoms with Gasteiger partial charge in [0.05, 0.1) is 17.2 Å². The van der Waals surface area contributed by atoms with Gasteiger partial charge in [-0.05, 0) is 60.7 Å².